The molecular weight excluding hydrogens is 316 g/mol. The molecule has 0 atom stereocenters. The van der Waals surface area contributed by atoms with Gasteiger partial charge >= 0.3 is 0 Å². The lowest BCUT2D eigenvalue weighted by molar-refractivity contribution is 0.395. The monoisotopic (exact) mass is 327 g/mol. The van der Waals surface area contributed by atoms with Crippen LogP contribution in [-0.4, -0.2) is 5.11 Å². The quantitative estimate of drug-likeness (QED) is 0.878. The van der Waals surface area contributed by atoms with E-state index in [0.29, 0.717) is 5.56 Å². The van der Waals surface area contributed by atoms with E-state index in [9.17, 15) is 8.78 Å². The van der Waals surface area contributed by atoms with E-state index < -0.39 is 17.4 Å². The molecule has 0 aromatic heterocycles. The highest BCUT2D eigenvalue weighted by atomic mass is 79.9. The van der Waals surface area contributed by atoms with Crippen LogP contribution in [0.1, 0.15) is 11.1 Å². The molecule has 0 aliphatic rings. The molecule has 100 valence electrons. The second-order valence-corrected chi connectivity index (χ2v) is 5.10. The van der Waals surface area contributed by atoms with E-state index in [-0.39, 0.29) is 6.54 Å². The predicted molar refractivity (Wildman–Crippen MR) is 74.2 cm³/mol. The van der Waals surface area contributed by atoms with Gasteiger partial charge in [0.2, 0.25) is 0 Å². The molecule has 0 amide bonds. The minimum atomic E-state index is -0.959. The Kier molecular flexibility index (Phi) is 4.04. The van der Waals surface area contributed by atoms with Gasteiger partial charge in [0.05, 0.1) is 0 Å². The Morgan fingerprint density at radius 1 is 1.16 bits per heavy atom. The minimum absolute atomic E-state index is 0.260. The Morgan fingerprint density at radius 3 is 2.37 bits per heavy atom. The lowest BCUT2D eigenvalue weighted by Gasteiger charge is -2.10. The molecule has 0 fully saturated rings. The molecule has 0 radical (unpaired) electrons. The second kappa shape index (κ2) is 5.57. The van der Waals surface area contributed by atoms with Crippen molar-refractivity contribution in [3.63, 3.8) is 0 Å². The molecule has 2 N–H and O–H groups in total. The van der Waals surface area contributed by atoms with E-state index >= 15 is 0 Å². The van der Waals surface area contributed by atoms with Gasteiger partial charge in [0.1, 0.15) is 0 Å². The molecule has 0 spiro atoms. The summed E-state index contributed by atoms with van der Waals surface area (Å²) in [5.41, 5.74) is 2.36. The highest BCUT2D eigenvalue weighted by molar-refractivity contribution is 9.10. The third-order valence-corrected chi connectivity index (χ3v) is 3.34. The van der Waals surface area contributed by atoms with Crippen LogP contribution in [0.5, 0.6) is 5.75 Å². The first-order chi connectivity index (χ1) is 8.97. The molecule has 0 saturated carbocycles. The van der Waals surface area contributed by atoms with E-state index in [1.54, 1.807) is 0 Å². The van der Waals surface area contributed by atoms with Crippen LogP contribution in [0.2, 0.25) is 0 Å². The third kappa shape index (κ3) is 3.23. The number of hydrogen-bond donors (Lipinski definition) is 2. The number of nitrogens with one attached hydrogen (secondary N) is 1. The summed E-state index contributed by atoms with van der Waals surface area (Å²) in [6, 6.07) is 7.97. The molecule has 2 rings (SSSR count). The Hall–Kier alpha value is -1.62. The number of halogens is 3. The first kappa shape index (κ1) is 13.8. The third-order valence-electron chi connectivity index (χ3n) is 2.68. The van der Waals surface area contributed by atoms with Crippen molar-refractivity contribution >= 4 is 21.6 Å². The first-order valence-corrected chi connectivity index (χ1v) is 6.43. The first-order valence-electron chi connectivity index (χ1n) is 5.64. The van der Waals surface area contributed by atoms with Crippen LogP contribution in [0.25, 0.3) is 0 Å². The van der Waals surface area contributed by atoms with Gasteiger partial charge in [0.25, 0.3) is 0 Å². The topological polar surface area (TPSA) is 32.3 Å². The van der Waals surface area contributed by atoms with Gasteiger partial charge in [-0.25, -0.2) is 8.78 Å². The zero-order chi connectivity index (χ0) is 14.0. The molecule has 0 unspecified atom stereocenters. The van der Waals surface area contributed by atoms with Crippen molar-refractivity contribution < 1.29 is 13.9 Å². The summed E-state index contributed by atoms with van der Waals surface area (Å²) in [5, 5.41) is 12.1. The fraction of sp³-hybridized carbons (Fsp3) is 0.143. The van der Waals surface area contributed by atoms with E-state index in [2.05, 4.69) is 21.2 Å². The standard InChI is InChI=1S/C14H12BrF2NO/c1-8-2-3-13(10(15)4-8)18-7-9-5-11(16)14(19)12(17)6-9/h2-6,18-19H,7H2,1H3. The van der Waals surface area contributed by atoms with Crippen LogP contribution < -0.4 is 5.32 Å². The molecule has 0 bridgehead atoms. The predicted octanol–water partition coefficient (Wildman–Crippen LogP) is 4.35. The van der Waals surface area contributed by atoms with Gasteiger partial charge in [-0.05, 0) is 58.2 Å². The summed E-state index contributed by atoms with van der Waals surface area (Å²) in [5.74, 6) is -2.86. The van der Waals surface area contributed by atoms with Gasteiger partial charge in [-0.1, -0.05) is 6.07 Å². The lowest BCUT2D eigenvalue weighted by Crippen LogP contribution is -2.01. The molecule has 0 aliphatic carbocycles. The summed E-state index contributed by atoms with van der Waals surface area (Å²) in [4.78, 5) is 0. The smallest absolute Gasteiger partial charge is 0.187 e. The Morgan fingerprint density at radius 2 is 1.79 bits per heavy atom. The lowest BCUT2D eigenvalue weighted by atomic mass is 10.2. The molecule has 0 saturated heterocycles. The highest BCUT2D eigenvalue weighted by Gasteiger charge is 2.09. The van der Waals surface area contributed by atoms with E-state index in [1.165, 1.54) is 0 Å². The van der Waals surface area contributed by atoms with Crippen molar-refractivity contribution in [3.8, 4) is 5.75 Å². The average molecular weight is 328 g/mol. The van der Waals surface area contributed by atoms with E-state index in [4.69, 9.17) is 5.11 Å². The maximum atomic E-state index is 13.2. The average Bonchev–Trinajstić information content (AvgIpc) is 2.34. The fourth-order valence-corrected chi connectivity index (χ4v) is 2.31. The van der Waals surface area contributed by atoms with Crippen molar-refractivity contribution in [1.82, 2.24) is 0 Å². The Balaban J connectivity index is 2.14. The van der Waals surface area contributed by atoms with Gasteiger partial charge in [0.15, 0.2) is 17.4 Å². The molecule has 0 heterocycles. The van der Waals surface area contributed by atoms with Crippen molar-refractivity contribution in [2.75, 3.05) is 5.32 Å². The molecule has 2 aromatic rings. The Bertz CT molecular complexity index is 593. The molecule has 2 aromatic carbocycles. The highest BCUT2D eigenvalue weighted by Crippen LogP contribution is 2.25. The van der Waals surface area contributed by atoms with E-state index in [1.807, 2.05) is 25.1 Å². The number of aromatic hydroxyl groups is 1. The number of phenolic OH excluding ortho intramolecular Hbond substituents is 1. The molecule has 19 heavy (non-hydrogen) atoms. The molecule has 0 aliphatic heterocycles. The maximum Gasteiger partial charge on any atom is 0.187 e. The second-order valence-electron chi connectivity index (χ2n) is 4.24. The zero-order valence-corrected chi connectivity index (χ0v) is 11.8. The van der Waals surface area contributed by atoms with Gasteiger partial charge in [-0.15, -0.1) is 0 Å². The Labute approximate surface area is 118 Å². The number of rotatable bonds is 3. The van der Waals surface area contributed by atoms with Crippen molar-refractivity contribution in [2.45, 2.75) is 13.5 Å². The number of hydrogen-bond acceptors (Lipinski definition) is 2. The zero-order valence-electron chi connectivity index (χ0n) is 10.2. The van der Waals surface area contributed by atoms with Crippen molar-refractivity contribution in [3.05, 3.63) is 57.6 Å². The van der Waals surface area contributed by atoms with Crippen molar-refractivity contribution in [1.29, 1.82) is 0 Å². The van der Waals surface area contributed by atoms with Crippen LogP contribution in [0.3, 0.4) is 0 Å². The molecule has 2 nitrogen and oxygen atoms in total. The SMILES string of the molecule is Cc1ccc(NCc2cc(F)c(O)c(F)c2)c(Br)c1. The summed E-state index contributed by atoms with van der Waals surface area (Å²) in [7, 11) is 0. The molecule has 5 heteroatoms. The van der Waals surface area contributed by atoms with Gasteiger partial charge in [0, 0.05) is 16.7 Å². The summed E-state index contributed by atoms with van der Waals surface area (Å²) in [6.07, 6.45) is 0. The number of anilines is 1. The summed E-state index contributed by atoms with van der Waals surface area (Å²) in [6.45, 7) is 2.23. The van der Waals surface area contributed by atoms with E-state index in [0.717, 1.165) is 27.9 Å². The van der Waals surface area contributed by atoms with Crippen LogP contribution >= 0.6 is 15.9 Å². The molecular formula is C14H12BrF2NO. The fourth-order valence-electron chi connectivity index (χ4n) is 1.68. The maximum absolute atomic E-state index is 13.2. The van der Waals surface area contributed by atoms with Crippen LogP contribution in [0.4, 0.5) is 14.5 Å². The van der Waals surface area contributed by atoms with Crippen molar-refractivity contribution in [2.24, 2.45) is 0 Å². The minimum Gasteiger partial charge on any atom is -0.503 e. The van der Waals surface area contributed by atoms with Gasteiger partial charge < -0.3 is 10.4 Å². The normalized spacial score (nSPS) is 10.5. The van der Waals surface area contributed by atoms with Crippen LogP contribution in [-0.2, 0) is 6.54 Å². The number of aryl methyl sites for hydroxylation is 1. The van der Waals surface area contributed by atoms with Crippen LogP contribution in [0.15, 0.2) is 34.8 Å². The summed E-state index contributed by atoms with van der Waals surface area (Å²) >= 11 is 3.41. The van der Waals surface area contributed by atoms with Gasteiger partial charge in [-0.2, -0.15) is 0 Å². The van der Waals surface area contributed by atoms with Crippen LogP contribution in [0, 0.1) is 18.6 Å². The summed E-state index contributed by atoms with van der Waals surface area (Å²) < 4.78 is 27.2. The van der Waals surface area contributed by atoms with Gasteiger partial charge in [-0.3, -0.25) is 0 Å². The number of benzene rings is 2. The largest absolute Gasteiger partial charge is 0.503 e. The number of phenols is 1.